The molecule has 6 heteroatoms. The van der Waals surface area contributed by atoms with Gasteiger partial charge in [0.15, 0.2) is 0 Å². The first-order valence-electron chi connectivity index (χ1n) is 1.90. The summed E-state index contributed by atoms with van der Waals surface area (Å²) in [4.78, 5) is 0. The Morgan fingerprint density at radius 2 is 2.38 bits per heavy atom. The maximum atomic E-state index is 9.72. The van der Waals surface area contributed by atoms with Crippen LogP contribution in [0.3, 0.4) is 0 Å². The molecule has 0 saturated heterocycles. The van der Waals surface area contributed by atoms with E-state index in [1.165, 1.54) is 0 Å². The highest BCUT2D eigenvalue weighted by Crippen LogP contribution is 1.81. The van der Waals surface area contributed by atoms with Crippen LogP contribution < -0.4 is 11.5 Å². The number of nitrogens with two attached hydrogens (primary N) is 2. The lowest BCUT2D eigenvalue weighted by Crippen LogP contribution is -2.32. The van der Waals surface area contributed by atoms with Crippen molar-refractivity contribution in [1.29, 1.82) is 0 Å². The van der Waals surface area contributed by atoms with Crippen LogP contribution in [0.2, 0.25) is 0 Å². The SMILES string of the molecule is NCC(N)OS(=O)O. The van der Waals surface area contributed by atoms with Crippen molar-refractivity contribution in [2.45, 2.75) is 6.23 Å². The van der Waals surface area contributed by atoms with Gasteiger partial charge in [-0.3, -0.25) is 4.55 Å². The second kappa shape index (κ2) is 3.93. The van der Waals surface area contributed by atoms with Crippen LogP contribution in [0.4, 0.5) is 0 Å². The van der Waals surface area contributed by atoms with E-state index in [4.69, 9.17) is 16.0 Å². The summed E-state index contributed by atoms with van der Waals surface area (Å²) in [5.74, 6) is 0. The van der Waals surface area contributed by atoms with Gasteiger partial charge in [0, 0.05) is 6.54 Å². The molecule has 0 heterocycles. The molecule has 5 nitrogen and oxygen atoms in total. The summed E-state index contributed by atoms with van der Waals surface area (Å²) in [5, 5.41) is 0. The Bertz CT molecular complexity index is 87.4. The molecule has 2 atom stereocenters. The number of hydrogen-bond donors (Lipinski definition) is 3. The summed E-state index contributed by atoms with van der Waals surface area (Å²) in [6, 6.07) is 0. The van der Waals surface area contributed by atoms with Crippen molar-refractivity contribution in [2.75, 3.05) is 6.54 Å². The lowest BCUT2D eigenvalue weighted by Gasteiger charge is -2.03. The topological polar surface area (TPSA) is 98.6 Å². The second-order valence-corrected chi connectivity index (χ2v) is 1.71. The Labute approximate surface area is 49.5 Å². The van der Waals surface area contributed by atoms with E-state index in [-0.39, 0.29) is 6.54 Å². The lowest BCUT2D eigenvalue weighted by atomic mass is 10.6. The quantitative estimate of drug-likeness (QED) is 0.323. The Morgan fingerprint density at radius 3 is 2.50 bits per heavy atom. The summed E-state index contributed by atoms with van der Waals surface area (Å²) < 4.78 is 21.8. The Hall–Kier alpha value is -0.0100. The predicted octanol–water partition coefficient (Wildman–Crippen LogP) is -1.62. The van der Waals surface area contributed by atoms with E-state index in [2.05, 4.69) is 4.18 Å². The Morgan fingerprint density at radius 1 is 1.88 bits per heavy atom. The van der Waals surface area contributed by atoms with E-state index in [1.54, 1.807) is 0 Å². The third-order valence-corrected chi connectivity index (χ3v) is 0.850. The molecule has 5 N–H and O–H groups in total. The van der Waals surface area contributed by atoms with Crippen molar-refractivity contribution in [1.82, 2.24) is 0 Å². The predicted molar refractivity (Wildman–Crippen MR) is 28.9 cm³/mol. The van der Waals surface area contributed by atoms with Gasteiger partial charge in [-0.2, -0.15) is 4.21 Å². The third-order valence-electron chi connectivity index (χ3n) is 0.438. The van der Waals surface area contributed by atoms with E-state index in [1.807, 2.05) is 0 Å². The molecule has 0 bridgehead atoms. The Kier molecular flexibility index (Phi) is 3.92. The molecule has 50 valence electrons. The van der Waals surface area contributed by atoms with Crippen molar-refractivity contribution >= 4 is 11.4 Å². The van der Waals surface area contributed by atoms with Gasteiger partial charge in [0.1, 0.15) is 6.23 Å². The third kappa shape index (κ3) is 4.16. The van der Waals surface area contributed by atoms with Gasteiger partial charge < -0.3 is 11.5 Å². The summed E-state index contributed by atoms with van der Waals surface area (Å²) >= 11 is -2.30. The molecule has 0 aromatic rings. The Balaban J connectivity index is 3.24. The molecule has 0 spiro atoms. The maximum absolute atomic E-state index is 9.72. The summed E-state index contributed by atoms with van der Waals surface area (Å²) in [6.07, 6.45) is -0.846. The molecule has 0 aliphatic carbocycles. The fourth-order valence-electron chi connectivity index (χ4n) is 0.145. The minimum Gasteiger partial charge on any atom is -0.327 e. The first-order valence-corrected chi connectivity index (χ1v) is 2.93. The molecule has 0 aromatic carbocycles. The zero-order valence-electron chi connectivity index (χ0n) is 4.11. The van der Waals surface area contributed by atoms with Gasteiger partial charge in [-0.25, -0.2) is 4.18 Å². The van der Waals surface area contributed by atoms with Crippen LogP contribution in [0.15, 0.2) is 0 Å². The first-order chi connectivity index (χ1) is 3.66. The van der Waals surface area contributed by atoms with Gasteiger partial charge >= 0.3 is 11.4 Å². The largest absolute Gasteiger partial charge is 0.327 e. The van der Waals surface area contributed by atoms with Crippen LogP contribution in [0.5, 0.6) is 0 Å². The highest BCUT2D eigenvalue weighted by atomic mass is 32.2. The fraction of sp³-hybridized carbons (Fsp3) is 1.00. The molecule has 0 aliphatic rings. The van der Waals surface area contributed by atoms with E-state index < -0.39 is 17.6 Å². The first kappa shape index (κ1) is 7.99. The minimum atomic E-state index is -2.30. The molecule has 8 heavy (non-hydrogen) atoms. The summed E-state index contributed by atoms with van der Waals surface area (Å²) in [5.41, 5.74) is 9.90. The van der Waals surface area contributed by atoms with Crippen molar-refractivity contribution in [2.24, 2.45) is 11.5 Å². The van der Waals surface area contributed by atoms with Crippen molar-refractivity contribution < 1.29 is 12.9 Å². The molecule has 0 fully saturated rings. The zero-order valence-corrected chi connectivity index (χ0v) is 4.93. The fourth-order valence-corrected chi connectivity index (χ4v) is 0.435. The van der Waals surface area contributed by atoms with E-state index in [0.717, 1.165) is 0 Å². The van der Waals surface area contributed by atoms with Gasteiger partial charge in [0.2, 0.25) is 0 Å². The van der Waals surface area contributed by atoms with Crippen molar-refractivity contribution in [3.8, 4) is 0 Å². The van der Waals surface area contributed by atoms with E-state index in [9.17, 15) is 4.21 Å². The molecule has 0 saturated carbocycles. The second-order valence-electron chi connectivity index (χ2n) is 1.09. The molecule has 0 aliphatic heterocycles. The zero-order chi connectivity index (χ0) is 6.57. The molecule has 0 rings (SSSR count). The lowest BCUT2D eigenvalue weighted by molar-refractivity contribution is 0.218. The van der Waals surface area contributed by atoms with Gasteiger partial charge in [0.05, 0.1) is 0 Å². The standard InChI is InChI=1S/C2H8N2O3S/c3-1-2(4)7-8(5)6/h2H,1,3-4H2,(H,5,6). The van der Waals surface area contributed by atoms with Crippen LogP contribution >= 0.6 is 0 Å². The van der Waals surface area contributed by atoms with Crippen molar-refractivity contribution in [3.05, 3.63) is 0 Å². The summed E-state index contributed by atoms with van der Waals surface area (Å²) in [7, 11) is 0. The molecule has 2 unspecified atom stereocenters. The summed E-state index contributed by atoms with van der Waals surface area (Å²) in [6.45, 7) is 0.0340. The van der Waals surface area contributed by atoms with Crippen molar-refractivity contribution in [3.63, 3.8) is 0 Å². The van der Waals surface area contributed by atoms with E-state index >= 15 is 0 Å². The average molecular weight is 140 g/mol. The van der Waals surface area contributed by atoms with Gasteiger partial charge in [-0.15, -0.1) is 0 Å². The molecule has 0 radical (unpaired) electrons. The molecule has 0 amide bonds. The van der Waals surface area contributed by atoms with Crippen LogP contribution in [-0.4, -0.2) is 21.5 Å². The highest BCUT2D eigenvalue weighted by Gasteiger charge is 2.00. The highest BCUT2D eigenvalue weighted by molar-refractivity contribution is 7.74. The van der Waals surface area contributed by atoms with Gasteiger partial charge in [0.25, 0.3) is 0 Å². The molecule has 0 aromatic heterocycles. The normalized spacial score (nSPS) is 17.9. The van der Waals surface area contributed by atoms with Crippen LogP contribution in [0, 0.1) is 0 Å². The molecular formula is C2H8N2O3S. The number of hydrogen-bond acceptors (Lipinski definition) is 4. The van der Waals surface area contributed by atoms with Gasteiger partial charge in [-0.1, -0.05) is 0 Å². The maximum Gasteiger partial charge on any atom is 0.303 e. The van der Waals surface area contributed by atoms with Gasteiger partial charge in [-0.05, 0) is 0 Å². The van der Waals surface area contributed by atoms with Crippen LogP contribution in [0.1, 0.15) is 0 Å². The van der Waals surface area contributed by atoms with Crippen LogP contribution in [-0.2, 0) is 15.5 Å². The smallest absolute Gasteiger partial charge is 0.303 e. The average Bonchev–Trinajstić information content (AvgIpc) is 1.65. The van der Waals surface area contributed by atoms with Crippen LogP contribution in [0.25, 0.3) is 0 Å². The van der Waals surface area contributed by atoms with E-state index in [0.29, 0.717) is 0 Å². The molecular weight excluding hydrogens is 132 g/mol. The number of rotatable bonds is 3. The minimum absolute atomic E-state index is 0.0340. The monoisotopic (exact) mass is 140 g/mol.